The minimum atomic E-state index is -0.411. The van der Waals surface area contributed by atoms with Gasteiger partial charge in [-0.1, -0.05) is 11.6 Å². The van der Waals surface area contributed by atoms with E-state index in [2.05, 4.69) is 31.5 Å². The van der Waals surface area contributed by atoms with E-state index < -0.39 is 6.10 Å². The number of hydrogen-bond acceptors (Lipinski definition) is 4. The van der Waals surface area contributed by atoms with Crippen LogP contribution in [0.4, 0.5) is 20.6 Å². The highest BCUT2D eigenvalue weighted by atomic mass is 79.9. The van der Waals surface area contributed by atoms with Crippen LogP contribution in [0, 0.1) is 11.7 Å². The highest BCUT2D eigenvalue weighted by Crippen LogP contribution is 2.44. The lowest BCUT2D eigenvalue weighted by molar-refractivity contribution is 0.0266. The number of piperidine rings is 2. The zero-order valence-electron chi connectivity index (χ0n) is 19.6. The van der Waals surface area contributed by atoms with Gasteiger partial charge in [-0.3, -0.25) is 0 Å². The Morgan fingerprint density at radius 1 is 1.20 bits per heavy atom. The van der Waals surface area contributed by atoms with Crippen LogP contribution in [0.3, 0.4) is 0 Å². The number of carbonyl (C=O) groups excluding carboxylic acids is 1. The molecule has 2 saturated heterocycles. The number of urea groups is 1. The molecule has 0 aliphatic carbocycles. The summed E-state index contributed by atoms with van der Waals surface area (Å²) in [4.78, 5) is 16.8. The molecule has 3 heterocycles. The third-order valence-corrected chi connectivity index (χ3v) is 9.20. The number of nitrogens with zero attached hydrogens (tertiary/aromatic N) is 2. The van der Waals surface area contributed by atoms with Crippen LogP contribution in [0.1, 0.15) is 31.2 Å². The maximum atomic E-state index is 13.9. The monoisotopic (exact) mass is 564 g/mol. The average Bonchev–Trinajstić information content (AvgIpc) is 3.20. The third-order valence-electron chi connectivity index (χ3n) is 7.97. The van der Waals surface area contributed by atoms with Gasteiger partial charge in [0.1, 0.15) is 5.82 Å². The van der Waals surface area contributed by atoms with Gasteiger partial charge in [-0.25, -0.2) is 9.18 Å². The van der Waals surface area contributed by atoms with Crippen molar-refractivity contribution in [1.82, 2.24) is 9.80 Å². The number of fused-ring (bicyclic) bond motifs is 2. The molecule has 2 aromatic carbocycles. The topological polar surface area (TPSA) is 67.8 Å². The predicted octanol–water partition coefficient (Wildman–Crippen LogP) is 5.31. The van der Waals surface area contributed by atoms with Gasteiger partial charge in [-0.05, 0) is 103 Å². The van der Waals surface area contributed by atoms with Crippen molar-refractivity contribution in [2.75, 3.05) is 49.9 Å². The second-order valence-electron chi connectivity index (χ2n) is 10.1. The summed E-state index contributed by atoms with van der Waals surface area (Å²) in [6.45, 7) is 4.53. The molecule has 0 radical (unpaired) electrons. The number of nitrogens with one attached hydrogen (secondary N) is 2. The van der Waals surface area contributed by atoms with Gasteiger partial charge in [-0.15, -0.1) is 0 Å². The Morgan fingerprint density at radius 3 is 2.66 bits per heavy atom. The number of likely N-dealkylation sites (tertiary alicyclic amines) is 2. The normalized spacial score (nSPS) is 21.0. The smallest absolute Gasteiger partial charge is 0.321 e. The number of anilines is 2. The summed E-state index contributed by atoms with van der Waals surface area (Å²) in [5.74, 6) is 0.00497. The molecule has 3 aliphatic heterocycles. The van der Waals surface area contributed by atoms with Crippen molar-refractivity contribution in [1.29, 1.82) is 0 Å². The van der Waals surface area contributed by atoms with Gasteiger partial charge in [0.25, 0.3) is 0 Å². The van der Waals surface area contributed by atoms with Crippen LogP contribution >= 0.6 is 27.5 Å². The van der Waals surface area contributed by atoms with Crippen LogP contribution < -0.4 is 10.6 Å². The number of halogens is 3. The van der Waals surface area contributed by atoms with Crippen molar-refractivity contribution in [3.8, 4) is 0 Å². The average molecular weight is 566 g/mol. The summed E-state index contributed by atoms with van der Waals surface area (Å²) in [6.07, 6.45) is 3.07. The number of aliphatic hydroxyl groups is 1. The molecule has 6 nitrogen and oxygen atoms in total. The van der Waals surface area contributed by atoms with Crippen LogP contribution in [0.2, 0.25) is 5.02 Å². The molecule has 35 heavy (non-hydrogen) atoms. The molecule has 1 unspecified atom stereocenters. The lowest BCUT2D eigenvalue weighted by atomic mass is 9.74. The Morgan fingerprint density at radius 2 is 1.94 bits per heavy atom. The van der Waals surface area contributed by atoms with E-state index in [9.17, 15) is 14.3 Å². The second kappa shape index (κ2) is 10.2. The van der Waals surface area contributed by atoms with E-state index >= 15 is 0 Å². The van der Waals surface area contributed by atoms with Gasteiger partial charge in [0.05, 0.1) is 11.1 Å². The van der Waals surface area contributed by atoms with Crippen molar-refractivity contribution in [2.24, 2.45) is 5.92 Å². The number of carbonyl (C=O) groups is 1. The highest BCUT2D eigenvalue weighted by Gasteiger charge is 2.42. The van der Waals surface area contributed by atoms with E-state index in [0.29, 0.717) is 30.3 Å². The van der Waals surface area contributed by atoms with Crippen LogP contribution in [-0.4, -0.2) is 66.3 Å². The van der Waals surface area contributed by atoms with Gasteiger partial charge >= 0.3 is 6.03 Å². The summed E-state index contributed by atoms with van der Waals surface area (Å²) >= 11 is 9.47. The number of hydrogen-bond donors (Lipinski definition) is 3. The number of rotatable bonds is 4. The Balaban J connectivity index is 1.08. The number of benzene rings is 2. The van der Waals surface area contributed by atoms with Gasteiger partial charge in [0.2, 0.25) is 0 Å². The summed E-state index contributed by atoms with van der Waals surface area (Å²) in [6, 6.07) is 10.2. The van der Waals surface area contributed by atoms with Crippen molar-refractivity contribution >= 4 is 44.9 Å². The van der Waals surface area contributed by atoms with Crippen molar-refractivity contribution in [3.05, 3.63) is 57.3 Å². The van der Waals surface area contributed by atoms with Crippen LogP contribution in [0.15, 0.2) is 40.9 Å². The SMILES string of the molecule is O=C(Nc1ccc(Br)c(Cl)c1)N1CCC(C(O)CN2CCC3(CC2)CNc2ccc(F)cc23)CC1. The molecule has 188 valence electrons. The van der Waals surface area contributed by atoms with Crippen LogP contribution in [0.25, 0.3) is 0 Å². The molecule has 3 N–H and O–H groups in total. The zero-order valence-corrected chi connectivity index (χ0v) is 21.9. The molecule has 5 rings (SSSR count). The fourth-order valence-corrected chi connectivity index (χ4v) is 6.18. The Kier molecular flexibility index (Phi) is 7.26. The first kappa shape index (κ1) is 24.8. The molecular formula is C26H31BrClFN4O2. The molecule has 1 atom stereocenters. The highest BCUT2D eigenvalue weighted by molar-refractivity contribution is 9.10. The molecule has 1 spiro atoms. The lowest BCUT2D eigenvalue weighted by Gasteiger charge is -2.41. The van der Waals surface area contributed by atoms with Gasteiger partial charge in [0, 0.05) is 47.4 Å². The molecule has 0 saturated carbocycles. The summed E-state index contributed by atoms with van der Waals surface area (Å²) in [5.41, 5.74) is 2.82. The van der Waals surface area contributed by atoms with Gasteiger partial charge in [0.15, 0.2) is 0 Å². The maximum absolute atomic E-state index is 13.9. The minimum Gasteiger partial charge on any atom is -0.392 e. The first-order valence-corrected chi connectivity index (χ1v) is 13.5. The Bertz CT molecular complexity index is 1090. The van der Waals surface area contributed by atoms with Crippen LogP contribution in [0.5, 0.6) is 0 Å². The lowest BCUT2D eigenvalue weighted by Crippen LogP contribution is -2.49. The quantitative estimate of drug-likeness (QED) is 0.470. The van der Waals surface area contributed by atoms with E-state index in [1.807, 2.05) is 18.2 Å². The molecule has 0 bridgehead atoms. The maximum Gasteiger partial charge on any atom is 0.321 e. The molecular weight excluding hydrogens is 535 g/mol. The minimum absolute atomic E-state index is 0.00332. The molecule has 2 aromatic rings. The Labute approximate surface area is 218 Å². The molecule has 3 aliphatic rings. The summed E-state index contributed by atoms with van der Waals surface area (Å²) < 4.78 is 14.7. The zero-order chi connectivity index (χ0) is 24.6. The Hall–Kier alpha value is -1.87. The standard InChI is InChI=1S/C26H31BrClFN4O2/c27-21-3-2-19(14-22(21)28)31-25(35)33-9-5-17(6-10-33)24(34)15-32-11-7-26(8-12-32)16-30-23-4-1-18(29)13-20(23)26/h1-4,13-14,17,24,30,34H,5-12,15-16H2,(H,31,35). The molecule has 2 fully saturated rings. The van der Waals surface area contributed by atoms with E-state index in [1.165, 1.54) is 6.07 Å². The van der Waals surface area contributed by atoms with Crippen molar-refractivity contribution in [2.45, 2.75) is 37.2 Å². The second-order valence-corrected chi connectivity index (χ2v) is 11.3. The first-order chi connectivity index (χ1) is 16.8. The molecule has 9 heteroatoms. The van der Waals surface area contributed by atoms with Gasteiger partial charge < -0.3 is 25.5 Å². The van der Waals surface area contributed by atoms with E-state index in [0.717, 1.165) is 61.0 Å². The van der Waals surface area contributed by atoms with Crippen LogP contribution in [-0.2, 0) is 5.41 Å². The fourth-order valence-electron chi connectivity index (χ4n) is 5.76. The van der Waals surface area contributed by atoms with Gasteiger partial charge in [-0.2, -0.15) is 0 Å². The number of β-amino-alcohol motifs (C(OH)–C–C–N with tert-alkyl or cyclic N) is 1. The molecule has 0 aromatic heterocycles. The fraction of sp³-hybridized carbons (Fsp3) is 0.500. The largest absolute Gasteiger partial charge is 0.392 e. The number of aliphatic hydroxyl groups excluding tert-OH is 1. The van der Waals surface area contributed by atoms with Crippen molar-refractivity contribution in [3.63, 3.8) is 0 Å². The van der Waals surface area contributed by atoms with E-state index in [-0.39, 0.29) is 23.2 Å². The summed E-state index contributed by atoms with van der Waals surface area (Å²) in [5, 5.41) is 17.9. The van der Waals surface area contributed by atoms with Crippen molar-refractivity contribution < 1.29 is 14.3 Å². The van der Waals surface area contributed by atoms with E-state index in [4.69, 9.17) is 11.6 Å². The molecule has 2 amide bonds. The summed E-state index contributed by atoms with van der Waals surface area (Å²) in [7, 11) is 0. The third kappa shape index (κ3) is 5.31. The first-order valence-electron chi connectivity index (χ1n) is 12.3. The van der Waals surface area contributed by atoms with E-state index in [1.54, 1.807) is 17.0 Å². The predicted molar refractivity (Wildman–Crippen MR) is 141 cm³/mol. The number of amides is 2.